The first-order chi connectivity index (χ1) is 9.58. The third-order valence-corrected chi connectivity index (χ3v) is 3.48. The number of benzene rings is 1. The van der Waals surface area contributed by atoms with E-state index in [9.17, 15) is 4.79 Å². The largest absolute Gasteiger partial charge is 0.299 e. The fourth-order valence-electron chi connectivity index (χ4n) is 2.57. The zero-order valence-corrected chi connectivity index (χ0v) is 14.3. The van der Waals surface area contributed by atoms with E-state index in [2.05, 4.69) is 39.0 Å². The molecule has 0 saturated carbocycles. The van der Waals surface area contributed by atoms with Gasteiger partial charge < -0.3 is 0 Å². The summed E-state index contributed by atoms with van der Waals surface area (Å²) >= 11 is 0. The van der Waals surface area contributed by atoms with Gasteiger partial charge >= 0.3 is 0 Å². The normalized spacial score (nSPS) is 11.5. The molecular formula is C19H32O. The number of ketones is 1. The number of aryl methyl sites for hydroxylation is 2. The van der Waals surface area contributed by atoms with E-state index in [4.69, 9.17) is 0 Å². The molecule has 0 saturated heterocycles. The van der Waals surface area contributed by atoms with Crippen molar-refractivity contribution in [2.45, 2.75) is 79.6 Å². The highest BCUT2D eigenvalue weighted by Crippen LogP contribution is 2.26. The van der Waals surface area contributed by atoms with Crippen molar-refractivity contribution < 1.29 is 4.79 Å². The molecule has 1 rings (SSSR count). The predicted molar refractivity (Wildman–Crippen MR) is 89.4 cm³/mol. The van der Waals surface area contributed by atoms with Gasteiger partial charge in [-0.3, -0.25) is 4.79 Å². The lowest BCUT2D eigenvalue weighted by molar-refractivity contribution is -0.120. The van der Waals surface area contributed by atoms with E-state index in [-0.39, 0.29) is 5.92 Å². The topological polar surface area (TPSA) is 17.1 Å². The minimum atomic E-state index is 0.111. The van der Waals surface area contributed by atoms with Crippen molar-refractivity contribution in [3.63, 3.8) is 0 Å². The Morgan fingerprint density at radius 1 is 1.00 bits per heavy atom. The van der Waals surface area contributed by atoms with Gasteiger partial charge in [0, 0.05) is 12.3 Å². The van der Waals surface area contributed by atoms with Crippen LogP contribution in [0.5, 0.6) is 0 Å². The Hall–Kier alpha value is -1.11. The Morgan fingerprint density at radius 2 is 1.55 bits per heavy atom. The van der Waals surface area contributed by atoms with Gasteiger partial charge in [0.15, 0.2) is 0 Å². The van der Waals surface area contributed by atoms with E-state index < -0.39 is 0 Å². The lowest BCUT2D eigenvalue weighted by Gasteiger charge is -2.17. The van der Waals surface area contributed by atoms with Crippen LogP contribution in [0.4, 0.5) is 0 Å². The first-order valence-electron chi connectivity index (χ1n) is 8.19. The summed E-state index contributed by atoms with van der Waals surface area (Å²) in [5.41, 5.74) is 3.74. The first kappa shape index (κ1) is 18.9. The van der Waals surface area contributed by atoms with Crippen LogP contribution in [0.2, 0.25) is 0 Å². The molecule has 0 aliphatic carbocycles. The van der Waals surface area contributed by atoms with Gasteiger partial charge in [-0.15, -0.1) is 0 Å². The molecule has 114 valence electrons. The summed E-state index contributed by atoms with van der Waals surface area (Å²) < 4.78 is 0. The molecule has 1 unspecified atom stereocenters. The van der Waals surface area contributed by atoms with Crippen molar-refractivity contribution >= 4 is 5.78 Å². The lowest BCUT2D eigenvalue weighted by atomic mass is 9.87. The molecule has 0 aliphatic heterocycles. The molecule has 20 heavy (non-hydrogen) atoms. The molecule has 0 fully saturated rings. The Bertz CT molecular complexity index is 373. The quantitative estimate of drug-likeness (QED) is 0.560. The van der Waals surface area contributed by atoms with Crippen molar-refractivity contribution in [3.05, 3.63) is 34.9 Å². The lowest BCUT2D eigenvalue weighted by Crippen LogP contribution is -2.12. The highest BCUT2D eigenvalue weighted by Gasteiger charge is 2.18. The molecule has 1 aromatic rings. The van der Waals surface area contributed by atoms with Gasteiger partial charge in [0.1, 0.15) is 5.78 Å². The van der Waals surface area contributed by atoms with Crippen molar-refractivity contribution in [1.82, 2.24) is 0 Å². The fourth-order valence-corrected chi connectivity index (χ4v) is 2.57. The molecule has 0 amide bonds. The second kappa shape index (κ2) is 10.7. The summed E-state index contributed by atoms with van der Waals surface area (Å²) in [4.78, 5) is 12.1. The monoisotopic (exact) mass is 276 g/mol. The predicted octanol–water partition coefficient (Wildman–Crippen LogP) is 5.97. The summed E-state index contributed by atoms with van der Waals surface area (Å²) in [7, 11) is 0. The summed E-state index contributed by atoms with van der Waals surface area (Å²) in [6.45, 7) is 12.4. The molecule has 1 atom stereocenters. The van der Waals surface area contributed by atoms with Crippen LogP contribution >= 0.6 is 0 Å². The summed E-state index contributed by atoms with van der Waals surface area (Å²) in [6.07, 6.45) is 5.23. The van der Waals surface area contributed by atoms with Crippen molar-refractivity contribution in [3.8, 4) is 0 Å². The molecule has 1 nitrogen and oxygen atoms in total. The molecular weight excluding hydrogens is 244 g/mol. The van der Waals surface area contributed by atoms with Crippen LogP contribution < -0.4 is 0 Å². The van der Waals surface area contributed by atoms with Gasteiger partial charge in [-0.25, -0.2) is 0 Å². The highest BCUT2D eigenvalue weighted by molar-refractivity contribution is 5.85. The van der Waals surface area contributed by atoms with Crippen molar-refractivity contribution in [1.29, 1.82) is 0 Å². The summed E-state index contributed by atoms with van der Waals surface area (Å²) in [5, 5.41) is 0. The van der Waals surface area contributed by atoms with Gasteiger partial charge in [-0.05, 0) is 25.8 Å². The second-order valence-corrected chi connectivity index (χ2v) is 5.29. The summed E-state index contributed by atoms with van der Waals surface area (Å²) in [5.74, 6) is 0.497. The first-order valence-corrected chi connectivity index (χ1v) is 8.19. The zero-order chi connectivity index (χ0) is 15.5. The van der Waals surface area contributed by atoms with E-state index >= 15 is 0 Å². The zero-order valence-electron chi connectivity index (χ0n) is 14.3. The van der Waals surface area contributed by atoms with Crippen LogP contribution in [0.1, 0.15) is 82.4 Å². The van der Waals surface area contributed by atoms with Gasteiger partial charge in [0.25, 0.3) is 0 Å². The molecule has 0 heterocycles. The molecule has 0 radical (unpaired) electrons. The molecule has 0 aliphatic rings. The Labute approximate surface area is 125 Å². The van der Waals surface area contributed by atoms with Crippen LogP contribution in [-0.2, 0) is 4.79 Å². The van der Waals surface area contributed by atoms with Crippen molar-refractivity contribution in [2.24, 2.45) is 0 Å². The molecule has 0 aromatic heterocycles. The highest BCUT2D eigenvalue weighted by atomic mass is 16.1. The van der Waals surface area contributed by atoms with E-state index in [1.165, 1.54) is 29.5 Å². The SMILES string of the molecule is CC.CCCCCC(C(=O)CC)c1cc(C)cc(C)c1. The van der Waals surface area contributed by atoms with Crippen LogP contribution in [0.15, 0.2) is 18.2 Å². The maximum Gasteiger partial charge on any atom is 0.140 e. The molecule has 1 heteroatoms. The van der Waals surface area contributed by atoms with Crippen LogP contribution in [0.25, 0.3) is 0 Å². The molecule has 0 spiro atoms. The third kappa shape index (κ3) is 6.36. The average molecular weight is 276 g/mol. The number of hydrogen-bond acceptors (Lipinski definition) is 1. The average Bonchev–Trinajstić information content (AvgIpc) is 2.44. The molecule has 0 bridgehead atoms. The number of rotatable bonds is 7. The number of hydrogen-bond donors (Lipinski definition) is 0. The molecule has 0 N–H and O–H groups in total. The number of Topliss-reactive ketones (excluding diaryl/α,β-unsaturated/α-hetero) is 1. The van der Waals surface area contributed by atoms with E-state index in [0.29, 0.717) is 12.2 Å². The number of unbranched alkanes of at least 4 members (excludes halogenated alkanes) is 2. The second-order valence-electron chi connectivity index (χ2n) is 5.29. The van der Waals surface area contributed by atoms with Gasteiger partial charge in [-0.1, -0.05) is 76.3 Å². The minimum Gasteiger partial charge on any atom is -0.299 e. The van der Waals surface area contributed by atoms with Crippen LogP contribution in [0.3, 0.4) is 0 Å². The molecule has 1 aromatic carbocycles. The van der Waals surface area contributed by atoms with E-state index in [1.54, 1.807) is 0 Å². The van der Waals surface area contributed by atoms with Gasteiger partial charge in [-0.2, -0.15) is 0 Å². The maximum absolute atomic E-state index is 12.1. The standard InChI is InChI=1S/C17H26O.C2H6/c1-5-7-8-9-16(17(18)6-2)15-11-13(3)10-14(4)12-15;1-2/h10-12,16H,5-9H2,1-4H3;1-2H3. The van der Waals surface area contributed by atoms with Crippen LogP contribution in [-0.4, -0.2) is 5.78 Å². The van der Waals surface area contributed by atoms with E-state index in [0.717, 1.165) is 12.8 Å². The number of carbonyl (C=O) groups excluding carboxylic acids is 1. The van der Waals surface area contributed by atoms with Gasteiger partial charge in [0.05, 0.1) is 0 Å². The smallest absolute Gasteiger partial charge is 0.140 e. The number of carbonyl (C=O) groups is 1. The summed E-state index contributed by atoms with van der Waals surface area (Å²) in [6, 6.07) is 6.53. The Morgan fingerprint density at radius 3 is 2.00 bits per heavy atom. The van der Waals surface area contributed by atoms with E-state index in [1.807, 2.05) is 20.8 Å². The van der Waals surface area contributed by atoms with Crippen LogP contribution in [0, 0.1) is 13.8 Å². The third-order valence-electron chi connectivity index (χ3n) is 3.48. The minimum absolute atomic E-state index is 0.111. The Kier molecular flexibility index (Phi) is 10.1. The Balaban J connectivity index is 0.00000172. The fraction of sp³-hybridized carbons (Fsp3) is 0.632. The van der Waals surface area contributed by atoms with Crippen molar-refractivity contribution in [2.75, 3.05) is 0 Å². The van der Waals surface area contributed by atoms with Gasteiger partial charge in [0.2, 0.25) is 0 Å². The maximum atomic E-state index is 12.1.